The van der Waals surface area contributed by atoms with Crippen LogP contribution in [0.1, 0.15) is 20.7 Å². The second kappa shape index (κ2) is 8.08. The van der Waals surface area contributed by atoms with Gasteiger partial charge in [0.2, 0.25) is 0 Å². The second-order valence-electron chi connectivity index (χ2n) is 2.77. The molecule has 7 nitrogen and oxygen atoms in total. The maximum absolute atomic E-state index is 10.9. The van der Waals surface area contributed by atoms with Crippen molar-refractivity contribution in [3.8, 4) is 0 Å². The predicted molar refractivity (Wildman–Crippen MR) is 68.6 cm³/mol. The molecule has 0 spiro atoms. The van der Waals surface area contributed by atoms with Crippen molar-refractivity contribution >= 4 is 51.6 Å². The van der Waals surface area contributed by atoms with Crippen LogP contribution in [0.2, 0.25) is 0 Å². The molecule has 0 atom stereocenters. The molecule has 0 saturated carbocycles. The molecular formula is C10H11NaO7S. The van der Waals surface area contributed by atoms with Crippen molar-refractivity contribution in [1.82, 2.24) is 0 Å². The average molecular weight is 298 g/mol. The minimum absolute atomic E-state index is 0. The molecule has 19 heavy (non-hydrogen) atoms. The third-order valence-electron chi connectivity index (χ3n) is 1.73. The fourth-order valence-corrected chi connectivity index (χ4v) is 2.02. The Kier molecular flexibility index (Phi) is 8.56. The predicted octanol–water partition coefficient (Wildman–Crippen LogP) is 0.483. The van der Waals surface area contributed by atoms with E-state index in [0.717, 1.165) is 18.2 Å². The van der Waals surface area contributed by atoms with Gasteiger partial charge in [-0.05, 0) is 12.1 Å². The van der Waals surface area contributed by atoms with Gasteiger partial charge in [-0.3, -0.25) is 4.55 Å². The molecule has 0 bridgehead atoms. The number of carbonyl (C=O) groups is 2. The molecule has 1 rings (SSSR count). The SMILES string of the molecule is C=C.O=C(O)c1cccc(C(=O)O)c1S(=O)(=O)O.[NaH]. The van der Waals surface area contributed by atoms with Crippen LogP contribution in [-0.4, -0.2) is 64.7 Å². The normalized spacial score (nSPS) is 9.53. The van der Waals surface area contributed by atoms with Crippen molar-refractivity contribution < 1.29 is 32.8 Å². The van der Waals surface area contributed by atoms with Gasteiger partial charge in [-0.1, -0.05) is 6.07 Å². The van der Waals surface area contributed by atoms with Crippen LogP contribution in [-0.2, 0) is 10.1 Å². The number of rotatable bonds is 3. The number of hydrogen-bond acceptors (Lipinski definition) is 4. The number of carboxylic acids is 2. The molecular weight excluding hydrogens is 287 g/mol. The van der Waals surface area contributed by atoms with E-state index in [1.165, 1.54) is 0 Å². The van der Waals surface area contributed by atoms with Crippen LogP contribution in [0.25, 0.3) is 0 Å². The first-order chi connectivity index (χ1) is 8.25. The summed E-state index contributed by atoms with van der Waals surface area (Å²) < 4.78 is 30.6. The molecule has 0 aliphatic rings. The number of carboxylic acid groups (broad SMARTS) is 2. The molecule has 0 aromatic heterocycles. The van der Waals surface area contributed by atoms with E-state index >= 15 is 0 Å². The maximum atomic E-state index is 10.9. The fourth-order valence-electron chi connectivity index (χ4n) is 1.15. The monoisotopic (exact) mass is 298 g/mol. The van der Waals surface area contributed by atoms with Gasteiger partial charge in [0.1, 0.15) is 4.90 Å². The van der Waals surface area contributed by atoms with Gasteiger partial charge in [0.25, 0.3) is 10.1 Å². The second-order valence-corrected chi connectivity index (χ2v) is 4.13. The van der Waals surface area contributed by atoms with Gasteiger partial charge in [0.05, 0.1) is 11.1 Å². The Morgan fingerprint density at radius 2 is 1.32 bits per heavy atom. The van der Waals surface area contributed by atoms with Crippen LogP contribution in [0.5, 0.6) is 0 Å². The summed E-state index contributed by atoms with van der Waals surface area (Å²) in [4.78, 5) is 20.2. The molecule has 3 N–H and O–H groups in total. The van der Waals surface area contributed by atoms with E-state index in [-0.39, 0.29) is 29.6 Å². The third kappa shape index (κ3) is 5.13. The molecule has 0 unspecified atom stereocenters. The molecule has 0 radical (unpaired) electrons. The first kappa shape index (κ1) is 20.1. The van der Waals surface area contributed by atoms with Gasteiger partial charge in [-0.15, -0.1) is 13.2 Å². The van der Waals surface area contributed by atoms with Crippen molar-refractivity contribution in [2.24, 2.45) is 0 Å². The van der Waals surface area contributed by atoms with Gasteiger partial charge in [0, 0.05) is 0 Å². The Balaban J connectivity index is 0. The zero-order chi connectivity index (χ0) is 14.5. The molecule has 100 valence electrons. The van der Waals surface area contributed by atoms with E-state index in [0.29, 0.717) is 0 Å². The zero-order valence-corrected chi connectivity index (χ0v) is 9.85. The molecule has 9 heteroatoms. The molecule has 0 aliphatic carbocycles. The summed E-state index contributed by atoms with van der Waals surface area (Å²) in [5.41, 5.74) is -1.58. The van der Waals surface area contributed by atoms with Gasteiger partial charge >= 0.3 is 41.5 Å². The van der Waals surface area contributed by atoms with Gasteiger partial charge in [0.15, 0.2) is 0 Å². The Labute approximate surface area is 131 Å². The quantitative estimate of drug-likeness (QED) is 0.420. The number of hydrogen-bond donors (Lipinski definition) is 3. The Bertz CT molecular complexity index is 547. The summed E-state index contributed by atoms with van der Waals surface area (Å²) in [5.74, 6) is -3.29. The minimum atomic E-state index is -4.92. The van der Waals surface area contributed by atoms with Gasteiger partial charge < -0.3 is 10.2 Å². The summed E-state index contributed by atoms with van der Waals surface area (Å²) in [6, 6.07) is 2.84. The third-order valence-corrected chi connectivity index (χ3v) is 2.69. The van der Waals surface area contributed by atoms with Gasteiger partial charge in [-0.2, -0.15) is 8.42 Å². The first-order valence-electron chi connectivity index (χ1n) is 4.32. The van der Waals surface area contributed by atoms with Crippen molar-refractivity contribution in [3.63, 3.8) is 0 Å². The van der Waals surface area contributed by atoms with Crippen molar-refractivity contribution in [2.45, 2.75) is 4.90 Å². The Hall–Kier alpha value is -1.19. The number of benzene rings is 1. The Morgan fingerprint density at radius 3 is 1.53 bits per heavy atom. The van der Waals surface area contributed by atoms with E-state index in [2.05, 4.69) is 13.2 Å². The molecule has 0 saturated heterocycles. The van der Waals surface area contributed by atoms with E-state index in [1.807, 2.05) is 0 Å². The van der Waals surface area contributed by atoms with Crippen molar-refractivity contribution in [2.75, 3.05) is 0 Å². The van der Waals surface area contributed by atoms with E-state index in [9.17, 15) is 18.0 Å². The van der Waals surface area contributed by atoms with Crippen LogP contribution in [0.3, 0.4) is 0 Å². The van der Waals surface area contributed by atoms with Crippen LogP contribution < -0.4 is 0 Å². The summed E-state index contributed by atoms with van der Waals surface area (Å²) in [5, 5.41) is 17.3. The summed E-state index contributed by atoms with van der Waals surface area (Å²) in [7, 11) is -4.92. The van der Waals surface area contributed by atoms with Crippen LogP contribution in [0, 0.1) is 0 Å². The summed E-state index contributed by atoms with van der Waals surface area (Å²) in [6.45, 7) is 6.00. The standard InChI is InChI=1S/C8H6O7S.C2H4.Na.H/c9-7(10)4-2-1-3-5(8(11)12)6(4)16(13,14)15;1-2;;/h1-3H,(H,9,10)(H,11,12)(H,13,14,15);1-2H2;;. The Morgan fingerprint density at radius 1 is 1.00 bits per heavy atom. The molecule has 0 fully saturated rings. The van der Waals surface area contributed by atoms with Crippen LogP contribution >= 0.6 is 0 Å². The van der Waals surface area contributed by atoms with E-state index in [4.69, 9.17) is 14.8 Å². The zero-order valence-electron chi connectivity index (χ0n) is 9.03. The topological polar surface area (TPSA) is 129 Å². The number of aromatic carboxylic acids is 2. The van der Waals surface area contributed by atoms with Crippen LogP contribution in [0.4, 0.5) is 0 Å². The van der Waals surface area contributed by atoms with Gasteiger partial charge in [-0.25, -0.2) is 9.59 Å². The van der Waals surface area contributed by atoms with Crippen molar-refractivity contribution in [3.05, 3.63) is 42.5 Å². The summed E-state index contributed by atoms with van der Waals surface area (Å²) in [6.07, 6.45) is 0. The molecule has 1 aromatic rings. The molecule has 1 aromatic carbocycles. The van der Waals surface area contributed by atoms with E-state index in [1.54, 1.807) is 0 Å². The molecule has 0 amide bonds. The average Bonchev–Trinajstić information content (AvgIpc) is 2.29. The fraction of sp³-hybridized carbons (Fsp3) is 0. The summed E-state index contributed by atoms with van der Waals surface area (Å²) >= 11 is 0. The van der Waals surface area contributed by atoms with Crippen LogP contribution in [0.15, 0.2) is 36.3 Å². The molecule has 0 heterocycles. The van der Waals surface area contributed by atoms with Crippen molar-refractivity contribution in [1.29, 1.82) is 0 Å². The molecule has 0 aliphatic heterocycles. The first-order valence-corrected chi connectivity index (χ1v) is 5.76. The van der Waals surface area contributed by atoms with E-state index < -0.39 is 38.1 Å².